The summed E-state index contributed by atoms with van der Waals surface area (Å²) >= 11 is 11.2. The fourth-order valence-electron chi connectivity index (χ4n) is 1.76. The number of furan rings is 1. The Morgan fingerprint density at radius 3 is 2.77 bits per heavy atom. The quantitative estimate of drug-likeness (QED) is 0.746. The Bertz CT molecular complexity index is 700. The molecule has 1 aromatic heterocycles. The largest absolute Gasteiger partial charge is 0.459 e. The van der Waals surface area contributed by atoms with Crippen molar-refractivity contribution >= 4 is 40.5 Å². The number of hydrogen-bond acceptors (Lipinski definition) is 4. The zero-order chi connectivity index (χ0) is 16.1. The lowest BCUT2D eigenvalue weighted by Crippen LogP contribution is -2.33. The van der Waals surface area contributed by atoms with E-state index in [9.17, 15) is 4.79 Å². The predicted molar refractivity (Wildman–Crippen MR) is 89.7 cm³/mol. The van der Waals surface area contributed by atoms with Crippen LogP contribution in [0, 0.1) is 0 Å². The SMILES string of the molecule is CCC(=O)NC(=S)Nc1cc(-c2ccc(CO)o2)ccc1Cl. The number of anilines is 1. The zero-order valence-electron chi connectivity index (χ0n) is 11.9. The molecule has 22 heavy (non-hydrogen) atoms. The summed E-state index contributed by atoms with van der Waals surface area (Å²) in [6.45, 7) is 1.58. The first-order chi connectivity index (χ1) is 10.5. The Hall–Kier alpha value is -1.89. The Balaban J connectivity index is 2.19. The average molecular weight is 339 g/mol. The second kappa shape index (κ2) is 7.40. The van der Waals surface area contributed by atoms with Gasteiger partial charge in [0.25, 0.3) is 0 Å². The second-order valence-corrected chi connectivity index (χ2v) is 5.29. The van der Waals surface area contributed by atoms with Crippen LogP contribution >= 0.6 is 23.8 Å². The molecule has 2 rings (SSSR count). The lowest BCUT2D eigenvalue weighted by molar-refractivity contribution is -0.119. The van der Waals surface area contributed by atoms with Crippen LogP contribution in [0.5, 0.6) is 0 Å². The number of halogens is 1. The first kappa shape index (κ1) is 16.5. The fourth-order valence-corrected chi connectivity index (χ4v) is 2.15. The molecule has 0 aliphatic carbocycles. The highest BCUT2D eigenvalue weighted by Gasteiger charge is 2.10. The minimum Gasteiger partial charge on any atom is -0.459 e. The molecule has 0 atom stereocenters. The third kappa shape index (κ3) is 4.07. The molecule has 0 radical (unpaired) electrons. The highest BCUT2D eigenvalue weighted by Crippen LogP contribution is 2.30. The number of aliphatic hydroxyl groups excluding tert-OH is 1. The van der Waals surface area contributed by atoms with Crippen LogP contribution in [0.25, 0.3) is 11.3 Å². The highest BCUT2D eigenvalue weighted by atomic mass is 35.5. The van der Waals surface area contributed by atoms with E-state index in [0.29, 0.717) is 28.7 Å². The standard InChI is InChI=1S/C15H15ClN2O3S/c1-2-14(20)18-15(22)17-12-7-9(3-5-11(12)16)13-6-4-10(8-19)21-13/h3-7,19H,2,8H2,1H3,(H2,17,18,20,22). The molecule has 5 nitrogen and oxygen atoms in total. The Morgan fingerprint density at radius 2 is 2.14 bits per heavy atom. The first-order valence-corrected chi connectivity index (χ1v) is 7.42. The van der Waals surface area contributed by atoms with E-state index in [2.05, 4.69) is 10.6 Å². The van der Waals surface area contributed by atoms with Crippen LogP contribution in [-0.2, 0) is 11.4 Å². The minimum absolute atomic E-state index is 0.161. The van der Waals surface area contributed by atoms with E-state index in [1.165, 1.54) is 0 Å². The summed E-state index contributed by atoms with van der Waals surface area (Å²) in [5.41, 5.74) is 1.33. The van der Waals surface area contributed by atoms with Crippen molar-refractivity contribution in [2.24, 2.45) is 0 Å². The van der Waals surface area contributed by atoms with Crippen LogP contribution < -0.4 is 10.6 Å². The Morgan fingerprint density at radius 1 is 1.36 bits per heavy atom. The van der Waals surface area contributed by atoms with Gasteiger partial charge in [0.2, 0.25) is 5.91 Å². The van der Waals surface area contributed by atoms with Gasteiger partial charge in [-0.2, -0.15) is 0 Å². The number of rotatable bonds is 4. The topological polar surface area (TPSA) is 74.5 Å². The molecule has 0 spiro atoms. The second-order valence-electron chi connectivity index (χ2n) is 4.47. The first-order valence-electron chi connectivity index (χ1n) is 6.63. The van der Waals surface area contributed by atoms with E-state index in [1.54, 1.807) is 37.3 Å². The number of thiocarbonyl (C=S) groups is 1. The number of benzene rings is 1. The maximum absolute atomic E-state index is 11.3. The minimum atomic E-state index is -0.177. The van der Waals surface area contributed by atoms with Crippen LogP contribution in [0.15, 0.2) is 34.7 Å². The summed E-state index contributed by atoms with van der Waals surface area (Å²) in [5.74, 6) is 0.904. The summed E-state index contributed by atoms with van der Waals surface area (Å²) in [4.78, 5) is 11.3. The van der Waals surface area contributed by atoms with Gasteiger partial charge in [-0.3, -0.25) is 4.79 Å². The van der Waals surface area contributed by atoms with Crippen LogP contribution in [-0.4, -0.2) is 16.1 Å². The summed E-state index contributed by atoms with van der Waals surface area (Å²) in [6, 6.07) is 8.71. The van der Waals surface area contributed by atoms with Gasteiger partial charge in [0.05, 0.1) is 10.7 Å². The van der Waals surface area contributed by atoms with Gasteiger partial charge in [0.15, 0.2) is 5.11 Å². The molecule has 1 heterocycles. The summed E-state index contributed by atoms with van der Waals surface area (Å²) in [7, 11) is 0. The van der Waals surface area contributed by atoms with Gasteiger partial charge in [0.1, 0.15) is 18.1 Å². The Labute approximate surface area is 138 Å². The van der Waals surface area contributed by atoms with Crippen molar-refractivity contribution < 1.29 is 14.3 Å². The number of carbonyl (C=O) groups excluding carboxylic acids is 1. The summed E-state index contributed by atoms with van der Waals surface area (Å²) < 4.78 is 5.48. The van der Waals surface area contributed by atoms with E-state index >= 15 is 0 Å². The van der Waals surface area contributed by atoms with Gasteiger partial charge in [-0.25, -0.2) is 0 Å². The van der Waals surface area contributed by atoms with E-state index in [0.717, 1.165) is 5.56 Å². The van der Waals surface area contributed by atoms with Gasteiger partial charge >= 0.3 is 0 Å². The lowest BCUT2D eigenvalue weighted by Gasteiger charge is -2.11. The average Bonchev–Trinajstić information content (AvgIpc) is 2.98. The predicted octanol–water partition coefficient (Wildman–Crippen LogP) is 3.32. The molecule has 0 saturated carbocycles. The maximum Gasteiger partial charge on any atom is 0.225 e. The third-order valence-corrected chi connectivity index (χ3v) is 3.42. The fraction of sp³-hybridized carbons (Fsp3) is 0.200. The molecular weight excluding hydrogens is 324 g/mol. The number of carbonyl (C=O) groups is 1. The highest BCUT2D eigenvalue weighted by molar-refractivity contribution is 7.80. The zero-order valence-corrected chi connectivity index (χ0v) is 13.4. The van der Waals surface area contributed by atoms with Crippen molar-refractivity contribution in [1.29, 1.82) is 0 Å². The molecule has 116 valence electrons. The molecule has 7 heteroatoms. The molecule has 2 aromatic rings. The maximum atomic E-state index is 11.3. The van der Waals surface area contributed by atoms with E-state index < -0.39 is 0 Å². The molecule has 0 fully saturated rings. The van der Waals surface area contributed by atoms with Gasteiger partial charge < -0.3 is 20.2 Å². The normalized spacial score (nSPS) is 10.3. The van der Waals surface area contributed by atoms with Gasteiger partial charge in [-0.15, -0.1) is 0 Å². The summed E-state index contributed by atoms with van der Waals surface area (Å²) in [5, 5.41) is 15.1. The van der Waals surface area contributed by atoms with Crippen molar-refractivity contribution in [3.8, 4) is 11.3 Å². The monoisotopic (exact) mass is 338 g/mol. The molecule has 1 aromatic carbocycles. The van der Waals surface area contributed by atoms with Crippen molar-refractivity contribution in [2.45, 2.75) is 20.0 Å². The molecule has 0 aliphatic rings. The molecule has 0 aliphatic heterocycles. The van der Waals surface area contributed by atoms with E-state index in [4.69, 9.17) is 33.3 Å². The molecular formula is C15H15ClN2O3S. The number of hydrogen-bond donors (Lipinski definition) is 3. The third-order valence-electron chi connectivity index (χ3n) is 2.89. The van der Waals surface area contributed by atoms with Crippen molar-refractivity contribution in [3.05, 3.63) is 41.1 Å². The van der Waals surface area contributed by atoms with Crippen LogP contribution in [0.1, 0.15) is 19.1 Å². The smallest absolute Gasteiger partial charge is 0.225 e. The Kier molecular flexibility index (Phi) is 5.54. The van der Waals surface area contributed by atoms with Crippen LogP contribution in [0.4, 0.5) is 5.69 Å². The number of amides is 1. The van der Waals surface area contributed by atoms with E-state index in [-0.39, 0.29) is 17.6 Å². The molecule has 1 amide bonds. The molecule has 0 saturated heterocycles. The molecule has 3 N–H and O–H groups in total. The van der Waals surface area contributed by atoms with Crippen molar-refractivity contribution in [2.75, 3.05) is 5.32 Å². The van der Waals surface area contributed by atoms with Crippen LogP contribution in [0.2, 0.25) is 5.02 Å². The molecule has 0 bridgehead atoms. The van der Waals surface area contributed by atoms with Crippen molar-refractivity contribution in [3.63, 3.8) is 0 Å². The molecule has 0 unspecified atom stereocenters. The lowest BCUT2D eigenvalue weighted by atomic mass is 10.1. The van der Waals surface area contributed by atoms with Crippen molar-refractivity contribution in [1.82, 2.24) is 5.32 Å². The number of aliphatic hydroxyl groups is 1. The van der Waals surface area contributed by atoms with Crippen LogP contribution in [0.3, 0.4) is 0 Å². The summed E-state index contributed by atoms with van der Waals surface area (Å²) in [6.07, 6.45) is 0.339. The number of nitrogens with one attached hydrogen (secondary N) is 2. The van der Waals surface area contributed by atoms with E-state index in [1.807, 2.05) is 0 Å². The van der Waals surface area contributed by atoms with Gasteiger partial charge in [-0.1, -0.05) is 18.5 Å². The van der Waals surface area contributed by atoms with Gasteiger partial charge in [-0.05, 0) is 42.5 Å². The van der Waals surface area contributed by atoms with Gasteiger partial charge in [0, 0.05) is 12.0 Å².